The minimum atomic E-state index is -0.772. The topological polar surface area (TPSA) is 102 Å². The van der Waals surface area contributed by atoms with Gasteiger partial charge >= 0.3 is 11.9 Å². The first-order chi connectivity index (χ1) is 15.0. The van der Waals surface area contributed by atoms with Gasteiger partial charge in [0.25, 0.3) is 5.91 Å². The Labute approximate surface area is 180 Å². The number of piperidine rings is 1. The third kappa shape index (κ3) is 5.69. The van der Waals surface area contributed by atoms with E-state index in [-0.39, 0.29) is 28.9 Å². The lowest BCUT2D eigenvalue weighted by atomic mass is 9.95. The van der Waals surface area contributed by atoms with E-state index in [9.17, 15) is 19.2 Å². The molecule has 1 N–H and O–H groups in total. The highest BCUT2D eigenvalue weighted by Gasteiger charge is 2.28. The van der Waals surface area contributed by atoms with Crippen LogP contribution < -0.4 is 5.32 Å². The number of para-hydroxylation sites is 1. The smallest absolute Gasteiger partial charge is 0.339 e. The molecule has 1 heterocycles. The summed E-state index contributed by atoms with van der Waals surface area (Å²) < 4.78 is 9.77. The van der Waals surface area contributed by atoms with Gasteiger partial charge in [-0.15, -0.1) is 0 Å². The first-order valence-corrected chi connectivity index (χ1v) is 9.97. The molecule has 0 aliphatic carbocycles. The van der Waals surface area contributed by atoms with Crippen molar-refractivity contribution in [1.29, 1.82) is 0 Å². The SMILES string of the molecule is COC(=O)c1ccccc1C(=O)OCC(=O)N1CCC(C(=O)Nc2ccccc2)CC1. The second-order valence-electron chi connectivity index (χ2n) is 7.12. The molecule has 162 valence electrons. The first-order valence-electron chi connectivity index (χ1n) is 9.97. The molecule has 1 aliphatic heterocycles. The average Bonchev–Trinajstić information content (AvgIpc) is 2.82. The minimum absolute atomic E-state index is 0.0402. The third-order valence-electron chi connectivity index (χ3n) is 5.14. The molecule has 1 saturated heterocycles. The molecule has 0 saturated carbocycles. The number of carbonyl (C=O) groups excluding carboxylic acids is 4. The molecule has 8 heteroatoms. The Morgan fingerprint density at radius 2 is 1.48 bits per heavy atom. The summed E-state index contributed by atoms with van der Waals surface area (Å²) in [5, 5.41) is 2.88. The van der Waals surface area contributed by atoms with E-state index >= 15 is 0 Å². The number of likely N-dealkylation sites (tertiary alicyclic amines) is 1. The van der Waals surface area contributed by atoms with Crippen LogP contribution in [0.5, 0.6) is 0 Å². The number of ether oxygens (including phenoxy) is 2. The summed E-state index contributed by atoms with van der Waals surface area (Å²) in [5.74, 6) is -2.02. The molecule has 0 atom stereocenters. The van der Waals surface area contributed by atoms with Crippen LogP contribution >= 0.6 is 0 Å². The minimum Gasteiger partial charge on any atom is -0.465 e. The van der Waals surface area contributed by atoms with Gasteiger partial charge < -0.3 is 19.7 Å². The largest absolute Gasteiger partial charge is 0.465 e. The van der Waals surface area contributed by atoms with Crippen LogP contribution in [0.1, 0.15) is 33.6 Å². The van der Waals surface area contributed by atoms with Crippen LogP contribution in [0.15, 0.2) is 54.6 Å². The van der Waals surface area contributed by atoms with Gasteiger partial charge in [-0.05, 0) is 37.1 Å². The van der Waals surface area contributed by atoms with E-state index in [2.05, 4.69) is 10.1 Å². The third-order valence-corrected chi connectivity index (χ3v) is 5.14. The van der Waals surface area contributed by atoms with Crippen LogP contribution in [0.25, 0.3) is 0 Å². The number of methoxy groups -OCH3 is 1. The Morgan fingerprint density at radius 1 is 0.903 bits per heavy atom. The van der Waals surface area contributed by atoms with Gasteiger partial charge in [0, 0.05) is 24.7 Å². The van der Waals surface area contributed by atoms with Gasteiger partial charge in [-0.1, -0.05) is 30.3 Å². The van der Waals surface area contributed by atoms with Crippen molar-refractivity contribution in [1.82, 2.24) is 4.90 Å². The zero-order valence-electron chi connectivity index (χ0n) is 17.2. The van der Waals surface area contributed by atoms with Crippen molar-refractivity contribution in [2.75, 3.05) is 32.1 Å². The van der Waals surface area contributed by atoms with Crippen molar-refractivity contribution >= 4 is 29.4 Å². The van der Waals surface area contributed by atoms with Crippen LogP contribution in [0, 0.1) is 5.92 Å². The zero-order valence-corrected chi connectivity index (χ0v) is 17.2. The fourth-order valence-corrected chi connectivity index (χ4v) is 3.40. The zero-order chi connectivity index (χ0) is 22.2. The highest BCUT2D eigenvalue weighted by atomic mass is 16.5. The van der Waals surface area contributed by atoms with Crippen LogP contribution in [0.4, 0.5) is 5.69 Å². The van der Waals surface area contributed by atoms with Crippen LogP contribution in [-0.2, 0) is 19.1 Å². The van der Waals surface area contributed by atoms with Crippen molar-refractivity contribution in [3.05, 3.63) is 65.7 Å². The van der Waals surface area contributed by atoms with Gasteiger partial charge in [-0.2, -0.15) is 0 Å². The van der Waals surface area contributed by atoms with Crippen molar-refractivity contribution in [2.24, 2.45) is 5.92 Å². The molecule has 31 heavy (non-hydrogen) atoms. The standard InChI is InChI=1S/C23H24N2O6/c1-30-22(28)18-9-5-6-10-19(18)23(29)31-15-20(26)25-13-11-16(12-14-25)21(27)24-17-7-3-2-4-8-17/h2-10,16H,11-15H2,1H3,(H,24,27). The second-order valence-corrected chi connectivity index (χ2v) is 7.12. The van der Waals surface area contributed by atoms with E-state index in [1.54, 1.807) is 17.0 Å². The van der Waals surface area contributed by atoms with Crippen LogP contribution in [0.2, 0.25) is 0 Å². The average molecular weight is 424 g/mol. The Morgan fingerprint density at radius 3 is 2.10 bits per heavy atom. The highest BCUT2D eigenvalue weighted by molar-refractivity contribution is 6.03. The van der Waals surface area contributed by atoms with Gasteiger partial charge in [-0.25, -0.2) is 9.59 Å². The van der Waals surface area contributed by atoms with Gasteiger partial charge in [0.2, 0.25) is 5.91 Å². The van der Waals surface area contributed by atoms with Crippen molar-refractivity contribution < 1.29 is 28.7 Å². The fraction of sp³-hybridized carbons (Fsp3) is 0.304. The molecule has 3 rings (SSSR count). The molecule has 2 amide bonds. The molecule has 0 spiro atoms. The number of esters is 2. The van der Waals surface area contributed by atoms with Crippen molar-refractivity contribution in [3.8, 4) is 0 Å². The summed E-state index contributed by atoms with van der Waals surface area (Å²) in [7, 11) is 1.22. The van der Waals surface area contributed by atoms with Gasteiger partial charge in [0.1, 0.15) is 0 Å². The first kappa shape index (κ1) is 22.0. The van der Waals surface area contributed by atoms with E-state index in [0.29, 0.717) is 25.9 Å². The summed E-state index contributed by atoms with van der Waals surface area (Å²) in [5.41, 5.74) is 0.858. The van der Waals surface area contributed by atoms with Crippen molar-refractivity contribution in [2.45, 2.75) is 12.8 Å². The number of nitrogens with zero attached hydrogens (tertiary/aromatic N) is 1. The van der Waals surface area contributed by atoms with E-state index < -0.39 is 18.5 Å². The molecule has 0 unspecified atom stereocenters. The fourth-order valence-electron chi connectivity index (χ4n) is 3.40. The van der Waals surface area contributed by atoms with E-state index in [1.165, 1.54) is 19.2 Å². The molecule has 2 aromatic carbocycles. The maximum atomic E-state index is 12.4. The molecule has 1 fully saturated rings. The second kappa shape index (κ2) is 10.4. The molecule has 0 radical (unpaired) electrons. The lowest BCUT2D eigenvalue weighted by Crippen LogP contribution is -2.43. The molecule has 0 bridgehead atoms. The molecular weight excluding hydrogens is 400 g/mol. The van der Waals surface area contributed by atoms with Gasteiger partial charge in [-0.3, -0.25) is 9.59 Å². The van der Waals surface area contributed by atoms with Gasteiger partial charge in [0.15, 0.2) is 6.61 Å². The summed E-state index contributed by atoms with van der Waals surface area (Å²) in [6.07, 6.45) is 1.06. The van der Waals surface area contributed by atoms with Crippen molar-refractivity contribution in [3.63, 3.8) is 0 Å². The lowest BCUT2D eigenvalue weighted by molar-refractivity contribution is -0.137. The van der Waals surface area contributed by atoms with E-state index in [1.807, 2.05) is 30.3 Å². The highest BCUT2D eigenvalue weighted by Crippen LogP contribution is 2.20. The maximum absolute atomic E-state index is 12.4. The molecule has 1 aliphatic rings. The van der Waals surface area contributed by atoms with Gasteiger partial charge in [0.05, 0.1) is 18.2 Å². The van der Waals surface area contributed by atoms with E-state index in [4.69, 9.17) is 4.74 Å². The lowest BCUT2D eigenvalue weighted by Gasteiger charge is -2.31. The Balaban J connectivity index is 1.48. The predicted octanol–water partition coefficient (Wildman–Crippen LogP) is 2.51. The van der Waals surface area contributed by atoms with Crippen LogP contribution in [0.3, 0.4) is 0 Å². The number of anilines is 1. The number of carbonyl (C=O) groups is 4. The molecular formula is C23H24N2O6. The quantitative estimate of drug-likeness (QED) is 0.715. The molecule has 2 aromatic rings. The Hall–Kier alpha value is -3.68. The Kier molecular flexibility index (Phi) is 7.37. The maximum Gasteiger partial charge on any atom is 0.339 e. The number of amides is 2. The number of hydrogen-bond acceptors (Lipinski definition) is 6. The monoisotopic (exact) mass is 424 g/mol. The number of benzene rings is 2. The number of hydrogen-bond donors (Lipinski definition) is 1. The number of nitrogens with one attached hydrogen (secondary N) is 1. The van der Waals surface area contributed by atoms with E-state index in [0.717, 1.165) is 5.69 Å². The molecule has 8 nitrogen and oxygen atoms in total. The predicted molar refractivity (Wildman–Crippen MR) is 112 cm³/mol. The Bertz CT molecular complexity index is 952. The summed E-state index contributed by atoms with van der Waals surface area (Å²) in [4.78, 5) is 50.5. The summed E-state index contributed by atoms with van der Waals surface area (Å²) >= 11 is 0. The summed E-state index contributed by atoms with van der Waals surface area (Å²) in [6, 6.07) is 15.3. The van der Waals surface area contributed by atoms with Crippen LogP contribution in [-0.4, -0.2) is 55.5 Å². The number of rotatable bonds is 6. The normalized spacial score (nSPS) is 13.9. The molecule has 0 aromatic heterocycles. The summed E-state index contributed by atoms with van der Waals surface area (Å²) in [6.45, 7) is 0.374.